The Bertz CT molecular complexity index is 1330. The summed E-state index contributed by atoms with van der Waals surface area (Å²) in [5.74, 6) is -0.210. The molecule has 0 fully saturated rings. The number of nitrogens with one attached hydrogen (secondary N) is 2. The molecule has 0 atom stereocenters. The number of benzene rings is 3. The van der Waals surface area contributed by atoms with E-state index >= 15 is 0 Å². The largest absolute Gasteiger partial charge is 0.322 e. The Morgan fingerprint density at radius 3 is 2.25 bits per heavy atom. The van der Waals surface area contributed by atoms with Gasteiger partial charge in [-0.25, -0.2) is 13.1 Å². The standard InChI is InChI=1S/C25H22N2O3S2/c1-18-7-5-6-10-22(18)27-25(28)21-13-11-19(12-14-21)17-26-32(29,30)24-16-15-23(31-24)20-8-3-2-4-9-20/h2-16,26H,17H2,1H3,(H,27,28). The fraction of sp³-hybridized carbons (Fsp3) is 0.0800. The van der Waals surface area contributed by atoms with Crippen molar-refractivity contribution in [2.45, 2.75) is 17.7 Å². The zero-order valence-electron chi connectivity index (χ0n) is 17.4. The molecule has 1 aromatic heterocycles. The van der Waals surface area contributed by atoms with E-state index in [0.717, 1.165) is 27.3 Å². The number of anilines is 1. The van der Waals surface area contributed by atoms with Crippen molar-refractivity contribution in [2.75, 3.05) is 5.32 Å². The van der Waals surface area contributed by atoms with Gasteiger partial charge in [0.05, 0.1) is 0 Å². The number of carbonyl (C=O) groups excluding carboxylic acids is 1. The quantitative estimate of drug-likeness (QED) is 0.383. The molecule has 0 aliphatic carbocycles. The van der Waals surface area contributed by atoms with Gasteiger partial charge in [0.2, 0.25) is 10.0 Å². The molecule has 0 aliphatic rings. The maximum absolute atomic E-state index is 12.7. The SMILES string of the molecule is Cc1ccccc1NC(=O)c1ccc(CNS(=O)(=O)c2ccc(-c3ccccc3)s2)cc1. The van der Waals surface area contributed by atoms with Crippen LogP contribution in [0.3, 0.4) is 0 Å². The number of hydrogen-bond acceptors (Lipinski definition) is 4. The van der Waals surface area contributed by atoms with Crippen molar-refractivity contribution < 1.29 is 13.2 Å². The Kier molecular flexibility index (Phi) is 6.50. The predicted octanol–water partition coefficient (Wildman–Crippen LogP) is 5.45. The topological polar surface area (TPSA) is 75.3 Å². The number of aryl methyl sites for hydroxylation is 1. The Labute approximate surface area is 191 Å². The summed E-state index contributed by atoms with van der Waals surface area (Å²) < 4.78 is 28.3. The first-order chi connectivity index (χ1) is 15.4. The molecule has 162 valence electrons. The molecule has 2 N–H and O–H groups in total. The van der Waals surface area contributed by atoms with Crippen LogP contribution in [-0.2, 0) is 16.6 Å². The number of hydrogen-bond donors (Lipinski definition) is 2. The Morgan fingerprint density at radius 1 is 0.844 bits per heavy atom. The highest BCUT2D eigenvalue weighted by Gasteiger charge is 2.17. The van der Waals surface area contributed by atoms with E-state index in [1.54, 1.807) is 30.3 Å². The first kappa shape index (κ1) is 22.0. The van der Waals surface area contributed by atoms with Crippen molar-refractivity contribution in [3.8, 4) is 10.4 Å². The third-order valence-corrected chi connectivity index (χ3v) is 8.01. The minimum absolute atomic E-state index is 0.139. The van der Waals surface area contributed by atoms with E-state index in [0.29, 0.717) is 5.56 Å². The number of rotatable bonds is 7. The lowest BCUT2D eigenvalue weighted by Crippen LogP contribution is -2.22. The lowest BCUT2D eigenvalue weighted by atomic mass is 10.1. The molecule has 32 heavy (non-hydrogen) atoms. The molecule has 0 saturated heterocycles. The Hall–Kier alpha value is -3.26. The van der Waals surface area contributed by atoms with E-state index in [2.05, 4.69) is 10.0 Å². The molecule has 1 amide bonds. The zero-order valence-corrected chi connectivity index (χ0v) is 19.0. The Morgan fingerprint density at radius 2 is 1.53 bits per heavy atom. The molecule has 1 heterocycles. The van der Waals surface area contributed by atoms with Gasteiger partial charge >= 0.3 is 0 Å². The van der Waals surface area contributed by atoms with Gasteiger partial charge in [-0.05, 0) is 53.9 Å². The first-order valence-electron chi connectivity index (χ1n) is 10.0. The normalized spacial score (nSPS) is 11.3. The van der Waals surface area contributed by atoms with Crippen molar-refractivity contribution in [3.05, 3.63) is 108 Å². The predicted molar refractivity (Wildman–Crippen MR) is 129 cm³/mol. The number of sulfonamides is 1. The lowest BCUT2D eigenvalue weighted by molar-refractivity contribution is 0.102. The van der Waals surface area contributed by atoms with Crippen molar-refractivity contribution >= 4 is 33.0 Å². The molecule has 5 nitrogen and oxygen atoms in total. The van der Waals surface area contributed by atoms with Crippen molar-refractivity contribution in [2.24, 2.45) is 0 Å². The van der Waals surface area contributed by atoms with Crippen LogP contribution in [0, 0.1) is 6.92 Å². The van der Waals surface area contributed by atoms with Gasteiger partial charge in [-0.1, -0.05) is 60.7 Å². The summed E-state index contributed by atoms with van der Waals surface area (Å²) in [5, 5.41) is 2.89. The molecule has 0 spiro atoms. The smallest absolute Gasteiger partial charge is 0.255 e. The zero-order chi connectivity index (χ0) is 22.6. The maximum atomic E-state index is 12.7. The number of thiophene rings is 1. The van der Waals surface area contributed by atoms with Crippen LogP contribution in [0.4, 0.5) is 5.69 Å². The summed E-state index contributed by atoms with van der Waals surface area (Å²) in [6.07, 6.45) is 0. The summed E-state index contributed by atoms with van der Waals surface area (Å²) in [7, 11) is -3.63. The van der Waals surface area contributed by atoms with Crippen molar-refractivity contribution in [1.82, 2.24) is 4.72 Å². The van der Waals surface area contributed by atoms with Crippen LogP contribution in [0.25, 0.3) is 10.4 Å². The molecular formula is C25H22N2O3S2. The molecule has 3 aromatic carbocycles. The first-order valence-corrected chi connectivity index (χ1v) is 12.3. The number of carbonyl (C=O) groups is 1. The number of para-hydroxylation sites is 1. The minimum Gasteiger partial charge on any atom is -0.322 e. The third kappa shape index (κ3) is 5.13. The second-order valence-corrected chi connectivity index (χ2v) is 10.4. The van der Waals surface area contributed by atoms with E-state index in [4.69, 9.17) is 0 Å². The highest BCUT2D eigenvalue weighted by molar-refractivity contribution is 7.91. The summed E-state index contributed by atoms with van der Waals surface area (Å²) in [6, 6.07) is 27.6. The van der Waals surface area contributed by atoms with E-state index in [9.17, 15) is 13.2 Å². The van der Waals surface area contributed by atoms with Crippen molar-refractivity contribution in [1.29, 1.82) is 0 Å². The fourth-order valence-electron chi connectivity index (χ4n) is 3.15. The average Bonchev–Trinajstić information content (AvgIpc) is 3.32. The van der Waals surface area contributed by atoms with Crippen LogP contribution in [0.5, 0.6) is 0 Å². The second kappa shape index (κ2) is 9.48. The van der Waals surface area contributed by atoms with Gasteiger partial charge in [0.15, 0.2) is 0 Å². The molecule has 7 heteroatoms. The van der Waals surface area contributed by atoms with Gasteiger partial charge in [0, 0.05) is 22.7 Å². The van der Waals surface area contributed by atoms with Gasteiger partial charge in [0.1, 0.15) is 4.21 Å². The molecule has 0 radical (unpaired) electrons. The average molecular weight is 463 g/mol. The fourth-order valence-corrected chi connectivity index (χ4v) is 5.53. The van der Waals surface area contributed by atoms with Gasteiger partial charge in [0.25, 0.3) is 5.91 Å². The van der Waals surface area contributed by atoms with Crippen LogP contribution in [0.1, 0.15) is 21.5 Å². The van der Waals surface area contributed by atoms with E-state index in [-0.39, 0.29) is 16.7 Å². The lowest BCUT2D eigenvalue weighted by Gasteiger charge is -2.09. The molecule has 0 saturated carbocycles. The van der Waals surface area contributed by atoms with Crippen LogP contribution < -0.4 is 10.0 Å². The van der Waals surface area contributed by atoms with Gasteiger partial charge in [-0.3, -0.25) is 4.79 Å². The summed E-state index contributed by atoms with van der Waals surface area (Å²) in [6.45, 7) is 2.07. The highest BCUT2D eigenvalue weighted by atomic mass is 32.2. The van der Waals surface area contributed by atoms with Gasteiger partial charge in [-0.15, -0.1) is 11.3 Å². The molecule has 0 unspecified atom stereocenters. The van der Waals surface area contributed by atoms with Crippen LogP contribution >= 0.6 is 11.3 Å². The molecule has 0 aliphatic heterocycles. The van der Waals surface area contributed by atoms with Crippen LogP contribution in [-0.4, -0.2) is 14.3 Å². The number of amides is 1. The summed E-state index contributed by atoms with van der Waals surface area (Å²) in [5.41, 5.74) is 4.00. The summed E-state index contributed by atoms with van der Waals surface area (Å²) >= 11 is 1.23. The molecule has 0 bridgehead atoms. The molecular weight excluding hydrogens is 440 g/mol. The molecule has 4 aromatic rings. The molecule has 4 rings (SSSR count). The van der Waals surface area contributed by atoms with E-state index < -0.39 is 10.0 Å². The second-order valence-electron chi connectivity index (χ2n) is 7.28. The Balaban J connectivity index is 1.39. The van der Waals surface area contributed by atoms with Crippen molar-refractivity contribution in [3.63, 3.8) is 0 Å². The van der Waals surface area contributed by atoms with Gasteiger partial charge < -0.3 is 5.32 Å². The third-order valence-electron chi connectivity index (χ3n) is 4.98. The summed E-state index contributed by atoms with van der Waals surface area (Å²) in [4.78, 5) is 13.4. The van der Waals surface area contributed by atoms with E-state index in [1.807, 2.05) is 67.6 Å². The van der Waals surface area contributed by atoms with Crippen LogP contribution in [0.15, 0.2) is 95.2 Å². The minimum atomic E-state index is -3.63. The van der Waals surface area contributed by atoms with Gasteiger partial charge in [-0.2, -0.15) is 0 Å². The van der Waals surface area contributed by atoms with Crippen LogP contribution in [0.2, 0.25) is 0 Å². The van der Waals surface area contributed by atoms with E-state index in [1.165, 1.54) is 11.3 Å². The monoisotopic (exact) mass is 462 g/mol. The maximum Gasteiger partial charge on any atom is 0.255 e. The highest BCUT2D eigenvalue weighted by Crippen LogP contribution is 2.30.